The molecule has 1 amide bonds. The number of anilines is 2. The second-order valence-corrected chi connectivity index (χ2v) is 11.9. The summed E-state index contributed by atoms with van der Waals surface area (Å²) in [5.74, 6) is -0.824. The maximum atomic E-state index is 13.7. The van der Waals surface area contributed by atoms with Crippen LogP contribution in [0.5, 0.6) is 0 Å². The molecule has 37 heavy (non-hydrogen) atoms. The average Bonchev–Trinajstić information content (AvgIpc) is 2.89. The van der Waals surface area contributed by atoms with Gasteiger partial charge in [0.15, 0.2) is 0 Å². The van der Waals surface area contributed by atoms with Crippen LogP contribution in [0.15, 0.2) is 53.4 Å². The molecular formula is C27H36ClN3O5S. The van der Waals surface area contributed by atoms with E-state index in [0.29, 0.717) is 37.5 Å². The van der Waals surface area contributed by atoms with Crippen molar-refractivity contribution in [2.24, 2.45) is 11.3 Å². The summed E-state index contributed by atoms with van der Waals surface area (Å²) in [4.78, 5) is 27.1. The number of nitrogens with zero attached hydrogens (tertiary/aromatic N) is 1. The van der Waals surface area contributed by atoms with E-state index in [-0.39, 0.29) is 28.6 Å². The number of esters is 1. The Labute approximate surface area is 224 Å². The van der Waals surface area contributed by atoms with E-state index < -0.39 is 21.5 Å². The predicted molar refractivity (Wildman–Crippen MR) is 146 cm³/mol. The maximum Gasteiger partial charge on any atom is 0.310 e. The molecule has 2 N–H and O–H groups in total. The molecule has 1 aliphatic rings. The number of benzene rings is 2. The highest BCUT2D eigenvalue weighted by molar-refractivity contribution is 7.89. The molecule has 10 heteroatoms. The molecule has 2 aromatic rings. The fourth-order valence-corrected chi connectivity index (χ4v) is 5.79. The van der Waals surface area contributed by atoms with E-state index in [9.17, 15) is 18.0 Å². The lowest BCUT2D eigenvalue weighted by Crippen LogP contribution is -2.40. The van der Waals surface area contributed by atoms with Crippen molar-refractivity contribution in [1.82, 2.24) is 4.72 Å². The van der Waals surface area contributed by atoms with Crippen LogP contribution < -0.4 is 14.9 Å². The summed E-state index contributed by atoms with van der Waals surface area (Å²) in [7, 11) is -4.02. The predicted octanol–water partition coefficient (Wildman–Crippen LogP) is 4.71. The molecule has 2 aromatic carbocycles. The average molecular weight is 550 g/mol. The molecule has 0 saturated carbocycles. The minimum absolute atomic E-state index is 0.0290. The van der Waals surface area contributed by atoms with E-state index in [1.165, 1.54) is 6.07 Å². The van der Waals surface area contributed by atoms with Crippen molar-refractivity contribution in [2.75, 3.05) is 35.8 Å². The first-order valence-electron chi connectivity index (χ1n) is 12.5. The first-order valence-corrected chi connectivity index (χ1v) is 14.5. The first-order chi connectivity index (χ1) is 17.5. The molecule has 0 radical (unpaired) electrons. The van der Waals surface area contributed by atoms with Gasteiger partial charge in [-0.15, -0.1) is 11.6 Å². The van der Waals surface area contributed by atoms with Crippen molar-refractivity contribution in [2.45, 2.75) is 51.5 Å². The normalized spacial score (nSPS) is 17.2. The Kier molecular flexibility index (Phi) is 9.61. The number of sulfonamides is 1. The smallest absolute Gasteiger partial charge is 0.310 e. The minimum Gasteiger partial charge on any atom is -0.466 e. The molecule has 3 rings (SSSR count). The highest BCUT2D eigenvalue weighted by Crippen LogP contribution is 2.33. The number of alkyl halides is 1. The number of amides is 1. The van der Waals surface area contributed by atoms with Gasteiger partial charge in [-0.25, -0.2) is 13.1 Å². The van der Waals surface area contributed by atoms with Gasteiger partial charge in [0.1, 0.15) is 4.90 Å². The zero-order valence-electron chi connectivity index (χ0n) is 21.8. The minimum atomic E-state index is -4.02. The highest BCUT2D eigenvalue weighted by Gasteiger charge is 2.32. The van der Waals surface area contributed by atoms with E-state index in [0.717, 1.165) is 12.0 Å². The van der Waals surface area contributed by atoms with Crippen molar-refractivity contribution in [3.8, 4) is 0 Å². The van der Waals surface area contributed by atoms with E-state index in [4.69, 9.17) is 16.3 Å². The number of rotatable bonds is 10. The van der Waals surface area contributed by atoms with E-state index >= 15 is 0 Å². The molecule has 1 saturated heterocycles. The van der Waals surface area contributed by atoms with Crippen molar-refractivity contribution in [3.63, 3.8) is 0 Å². The molecule has 0 bridgehead atoms. The lowest BCUT2D eigenvalue weighted by Gasteiger charge is -2.34. The lowest BCUT2D eigenvalue weighted by atomic mass is 9.95. The monoisotopic (exact) mass is 549 g/mol. The third-order valence-corrected chi connectivity index (χ3v) is 8.71. The molecule has 0 aliphatic carbocycles. The van der Waals surface area contributed by atoms with E-state index in [1.807, 2.05) is 35.2 Å². The number of carbonyl (C=O) groups is 2. The SMILES string of the molecule is CCOC(=O)[C@H]1CCCN(c2ccc(NC(=O)C(C)(C)CCl)cc2S(=O)(=O)N[C@@H](C)c2ccccc2)C1. The first kappa shape index (κ1) is 28.9. The summed E-state index contributed by atoms with van der Waals surface area (Å²) in [6.45, 7) is 8.21. The summed E-state index contributed by atoms with van der Waals surface area (Å²) in [6.07, 6.45) is 1.40. The van der Waals surface area contributed by atoms with Crippen molar-refractivity contribution < 1.29 is 22.7 Å². The molecule has 1 fully saturated rings. The van der Waals surface area contributed by atoms with Gasteiger partial charge in [0, 0.05) is 30.7 Å². The Bertz CT molecular complexity index is 1200. The summed E-state index contributed by atoms with van der Waals surface area (Å²) in [5, 5.41) is 2.80. The van der Waals surface area contributed by atoms with Gasteiger partial charge in [-0.3, -0.25) is 9.59 Å². The Morgan fingerprint density at radius 2 is 1.89 bits per heavy atom. The zero-order valence-corrected chi connectivity index (χ0v) is 23.4. The summed E-state index contributed by atoms with van der Waals surface area (Å²) in [5.41, 5.74) is 0.801. The van der Waals surface area contributed by atoms with Gasteiger partial charge in [-0.05, 0) is 64.3 Å². The number of hydrogen-bond donors (Lipinski definition) is 2. The zero-order chi connectivity index (χ0) is 27.2. The number of nitrogens with one attached hydrogen (secondary N) is 2. The fraction of sp³-hybridized carbons (Fsp3) is 0.481. The molecule has 8 nitrogen and oxygen atoms in total. The molecule has 2 atom stereocenters. The molecule has 0 unspecified atom stereocenters. The lowest BCUT2D eigenvalue weighted by molar-refractivity contribution is -0.148. The van der Waals surface area contributed by atoms with Crippen LogP contribution >= 0.6 is 11.6 Å². The van der Waals surface area contributed by atoms with E-state index in [1.54, 1.807) is 39.8 Å². The summed E-state index contributed by atoms with van der Waals surface area (Å²) >= 11 is 5.95. The molecule has 0 spiro atoms. The highest BCUT2D eigenvalue weighted by atomic mass is 35.5. The van der Waals surface area contributed by atoms with Gasteiger partial charge in [0.25, 0.3) is 0 Å². The van der Waals surface area contributed by atoms with Gasteiger partial charge in [0.2, 0.25) is 15.9 Å². The van der Waals surface area contributed by atoms with Crippen LogP contribution in [0.4, 0.5) is 11.4 Å². The Hall–Kier alpha value is -2.62. The quantitative estimate of drug-likeness (QED) is 0.328. The van der Waals surface area contributed by atoms with Crippen molar-refractivity contribution in [3.05, 3.63) is 54.1 Å². The van der Waals surface area contributed by atoms with Gasteiger partial charge in [0.05, 0.1) is 23.6 Å². The number of ether oxygens (including phenoxy) is 1. The second-order valence-electron chi connectivity index (χ2n) is 9.95. The Morgan fingerprint density at radius 3 is 2.54 bits per heavy atom. The van der Waals surface area contributed by atoms with Crippen LogP contribution in [0.1, 0.15) is 52.1 Å². The molecule has 0 aromatic heterocycles. The van der Waals surface area contributed by atoms with Crippen LogP contribution in [-0.2, 0) is 24.3 Å². The maximum absolute atomic E-state index is 13.7. The van der Waals surface area contributed by atoms with Crippen LogP contribution in [0.25, 0.3) is 0 Å². The van der Waals surface area contributed by atoms with Crippen molar-refractivity contribution >= 4 is 44.9 Å². The third kappa shape index (κ3) is 7.24. The van der Waals surface area contributed by atoms with E-state index in [2.05, 4.69) is 10.0 Å². The van der Waals surface area contributed by atoms with Crippen LogP contribution in [0.2, 0.25) is 0 Å². The molecule has 1 aliphatic heterocycles. The summed E-state index contributed by atoms with van der Waals surface area (Å²) in [6, 6.07) is 13.6. The largest absolute Gasteiger partial charge is 0.466 e. The summed E-state index contributed by atoms with van der Waals surface area (Å²) < 4.78 is 35.4. The second kappa shape index (κ2) is 12.3. The fourth-order valence-electron chi connectivity index (χ4n) is 4.18. The number of hydrogen-bond acceptors (Lipinski definition) is 6. The van der Waals surface area contributed by atoms with Crippen LogP contribution in [-0.4, -0.2) is 45.9 Å². The Morgan fingerprint density at radius 1 is 1.19 bits per heavy atom. The molecular weight excluding hydrogens is 514 g/mol. The van der Waals surface area contributed by atoms with Gasteiger partial charge >= 0.3 is 5.97 Å². The van der Waals surface area contributed by atoms with Crippen LogP contribution in [0.3, 0.4) is 0 Å². The number of piperidine rings is 1. The number of halogens is 1. The number of carbonyl (C=O) groups excluding carboxylic acids is 2. The molecule has 1 heterocycles. The van der Waals surface area contributed by atoms with Crippen molar-refractivity contribution in [1.29, 1.82) is 0 Å². The topological polar surface area (TPSA) is 105 Å². The Balaban J connectivity index is 1.99. The standard InChI is InChI=1S/C27H36ClN3O5S/c1-5-36-25(32)21-12-9-15-31(17-21)23-14-13-22(29-26(33)27(3,4)18-28)16-24(23)37(34,35)30-19(2)20-10-7-6-8-11-20/h6-8,10-11,13-14,16,19,21,30H,5,9,12,15,17-18H2,1-4H3,(H,29,33)/t19-,21-/m0/s1. The van der Waals surface area contributed by atoms with Gasteiger partial charge in [-0.1, -0.05) is 30.3 Å². The van der Waals surface area contributed by atoms with Crippen LogP contribution in [0, 0.1) is 11.3 Å². The molecule has 202 valence electrons. The van der Waals surface area contributed by atoms with Gasteiger partial charge < -0.3 is 15.0 Å². The van der Waals surface area contributed by atoms with Gasteiger partial charge in [-0.2, -0.15) is 0 Å². The third-order valence-electron chi connectivity index (χ3n) is 6.47.